The molecule has 156 valence electrons. The predicted octanol–water partition coefficient (Wildman–Crippen LogP) is 4.35. The van der Waals surface area contributed by atoms with Crippen LogP contribution in [0.5, 0.6) is 0 Å². The number of amides is 1. The van der Waals surface area contributed by atoms with Crippen molar-refractivity contribution in [3.63, 3.8) is 0 Å². The maximum absolute atomic E-state index is 13.9. The van der Waals surface area contributed by atoms with Gasteiger partial charge in [0.15, 0.2) is 11.5 Å². The van der Waals surface area contributed by atoms with E-state index >= 15 is 0 Å². The molecule has 0 saturated heterocycles. The van der Waals surface area contributed by atoms with E-state index in [9.17, 15) is 9.18 Å². The zero-order chi connectivity index (χ0) is 21.4. The van der Waals surface area contributed by atoms with Gasteiger partial charge in [-0.05, 0) is 43.5 Å². The summed E-state index contributed by atoms with van der Waals surface area (Å²) in [5, 5.41) is 6.22. The summed E-state index contributed by atoms with van der Waals surface area (Å²) in [5.41, 5.74) is 4.68. The minimum Gasteiger partial charge on any atom is -0.363 e. The average Bonchev–Trinajstić information content (AvgIpc) is 3.47. The van der Waals surface area contributed by atoms with Crippen molar-refractivity contribution in [2.45, 2.75) is 32.4 Å². The van der Waals surface area contributed by atoms with Gasteiger partial charge in [-0.3, -0.25) is 9.20 Å². The van der Waals surface area contributed by atoms with Crippen molar-refractivity contribution in [3.05, 3.63) is 83.6 Å². The molecule has 2 N–H and O–H groups in total. The van der Waals surface area contributed by atoms with E-state index in [0.717, 1.165) is 29.7 Å². The van der Waals surface area contributed by atoms with Crippen LogP contribution in [0.3, 0.4) is 0 Å². The first kappa shape index (κ1) is 19.2. The smallest absolute Gasteiger partial charge is 0.251 e. The van der Waals surface area contributed by atoms with Gasteiger partial charge in [-0.15, -0.1) is 0 Å². The van der Waals surface area contributed by atoms with Crippen LogP contribution in [0, 0.1) is 12.7 Å². The van der Waals surface area contributed by atoms with Gasteiger partial charge < -0.3 is 10.6 Å². The lowest BCUT2D eigenvalue weighted by Crippen LogP contribution is -2.26. The van der Waals surface area contributed by atoms with Gasteiger partial charge in [0.25, 0.3) is 5.91 Å². The molecule has 2 aromatic carbocycles. The maximum atomic E-state index is 13.9. The molecule has 7 heteroatoms. The summed E-state index contributed by atoms with van der Waals surface area (Å²) in [6.07, 6.45) is 7.43. The number of nitrogens with one attached hydrogen (secondary N) is 2. The van der Waals surface area contributed by atoms with Gasteiger partial charge in [0, 0.05) is 41.7 Å². The summed E-state index contributed by atoms with van der Waals surface area (Å²) in [6, 6.07) is 12.8. The van der Waals surface area contributed by atoms with E-state index in [1.807, 2.05) is 35.7 Å². The molecular formula is C24H22FN5O. The molecule has 2 heterocycles. The molecule has 4 aromatic rings. The normalized spacial score (nSPS) is 13.4. The molecular weight excluding hydrogens is 393 g/mol. The van der Waals surface area contributed by atoms with E-state index < -0.39 is 0 Å². The summed E-state index contributed by atoms with van der Waals surface area (Å²) < 4.78 is 15.9. The highest BCUT2D eigenvalue weighted by Crippen LogP contribution is 2.26. The number of halogens is 1. The number of carbonyl (C=O) groups is 1. The summed E-state index contributed by atoms with van der Waals surface area (Å²) in [5.74, 6) is 0.301. The topological polar surface area (TPSA) is 71.3 Å². The lowest BCUT2D eigenvalue weighted by atomic mass is 10.0. The van der Waals surface area contributed by atoms with E-state index in [2.05, 4.69) is 20.6 Å². The van der Waals surface area contributed by atoms with Crippen molar-refractivity contribution in [3.8, 4) is 11.3 Å². The first-order chi connectivity index (χ1) is 15.1. The average molecular weight is 415 g/mol. The zero-order valence-corrected chi connectivity index (χ0v) is 17.1. The van der Waals surface area contributed by atoms with Crippen molar-refractivity contribution in [2.75, 3.05) is 5.32 Å². The number of carbonyl (C=O) groups excluding carboxylic acids is 1. The Hall–Kier alpha value is -3.74. The molecule has 0 aliphatic heterocycles. The van der Waals surface area contributed by atoms with Crippen LogP contribution in [0.4, 0.5) is 10.2 Å². The largest absolute Gasteiger partial charge is 0.363 e. The van der Waals surface area contributed by atoms with Gasteiger partial charge in [0.2, 0.25) is 0 Å². The van der Waals surface area contributed by atoms with Crippen LogP contribution in [0.25, 0.3) is 16.9 Å². The van der Waals surface area contributed by atoms with Crippen molar-refractivity contribution in [1.29, 1.82) is 0 Å². The quantitative estimate of drug-likeness (QED) is 0.491. The van der Waals surface area contributed by atoms with E-state index in [1.165, 1.54) is 6.07 Å². The fourth-order valence-electron chi connectivity index (χ4n) is 3.65. The molecule has 1 fully saturated rings. The Kier molecular flexibility index (Phi) is 4.86. The van der Waals surface area contributed by atoms with Crippen LogP contribution in [-0.2, 0) is 6.54 Å². The second-order valence-corrected chi connectivity index (χ2v) is 7.84. The molecule has 1 aliphatic carbocycles. The Balaban J connectivity index is 1.42. The number of anilines is 1. The Morgan fingerprint density at radius 2 is 2.03 bits per heavy atom. The number of benzene rings is 2. The van der Waals surface area contributed by atoms with Gasteiger partial charge >= 0.3 is 0 Å². The number of imidazole rings is 1. The molecule has 1 aliphatic rings. The minimum atomic E-state index is -0.257. The number of rotatable bonds is 6. The second kappa shape index (κ2) is 7.83. The van der Waals surface area contributed by atoms with Gasteiger partial charge in [-0.25, -0.2) is 14.4 Å². The zero-order valence-electron chi connectivity index (χ0n) is 17.1. The minimum absolute atomic E-state index is 0.0199. The Morgan fingerprint density at radius 3 is 2.81 bits per heavy atom. The molecule has 1 saturated carbocycles. The third-order valence-corrected chi connectivity index (χ3v) is 5.51. The van der Waals surface area contributed by atoms with Crippen molar-refractivity contribution in [2.24, 2.45) is 0 Å². The highest BCUT2D eigenvalue weighted by atomic mass is 19.1. The molecule has 2 aromatic heterocycles. The molecule has 0 spiro atoms. The van der Waals surface area contributed by atoms with Crippen LogP contribution in [0.2, 0.25) is 0 Å². The van der Waals surface area contributed by atoms with Gasteiger partial charge in [-0.2, -0.15) is 0 Å². The van der Waals surface area contributed by atoms with E-state index in [0.29, 0.717) is 35.2 Å². The standard InChI is InChI=1S/C24H22FN5O/c1-15-12-16(6-9-19(15)24(31)29-18-7-8-18)21-14-28-23-22(26-10-11-30(21)23)27-13-17-4-2-3-5-20(17)25/h2-6,9-12,14,18H,7-8,13H2,1H3,(H,26,27)(H,29,31). The molecule has 5 rings (SSSR count). The molecule has 0 radical (unpaired) electrons. The molecule has 0 bridgehead atoms. The fourth-order valence-corrected chi connectivity index (χ4v) is 3.65. The molecule has 6 nitrogen and oxygen atoms in total. The SMILES string of the molecule is Cc1cc(-c2cnc3c(NCc4ccccc4F)nccn23)ccc1C(=O)NC1CC1. The number of aryl methyl sites for hydroxylation is 1. The first-order valence-electron chi connectivity index (χ1n) is 10.3. The van der Waals surface area contributed by atoms with E-state index in [4.69, 9.17) is 0 Å². The highest BCUT2D eigenvalue weighted by molar-refractivity contribution is 5.96. The second-order valence-electron chi connectivity index (χ2n) is 7.84. The van der Waals surface area contributed by atoms with Crippen LogP contribution in [0.15, 0.2) is 61.1 Å². The first-order valence-corrected chi connectivity index (χ1v) is 10.3. The number of aromatic nitrogens is 3. The lowest BCUT2D eigenvalue weighted by molar-refractivity contribution is 0.0950. The lowest BCUT2D eigenvalue weighted by Gasteiger charge is -2.10. The molecule has 1 amide bonds. The Labute approximate surface area is 179 Å². The maximum Gasteiger partial charge on any atom is 0.251 e. The van der Waals surface area contributed by atoms with E-state index in [1.54, 1.807) is 30.6 Å². The van der Waals surface area contributed by atoms with Crippen molar-refractivity contribution in [1.82, 2.24) is 19.7 Å². The molecule has 31 heavy (non-hydrogen) atoms. The summed E-state index contributed by atoms with van der Waals surface area (Å²) in [4.78, 5) is 21.3. The van der Waals surface area contributed by atoms with Gasteiger partial charge in [0.05, 0.1) is 11.9 Å². The number of hydrogen-bond donors (Lipinski definition) is 2. The van der Waals surface area contributed by atoms with Crippen molar-refractivity contribution >= 4 is 17.4 Å². The predicted molar refractivity (Wildman–Crippen MR) is 117 cm³/mol. The van der Waals surface area contributed by atoms with Crippen LogP contribution >= 0.6 is 0 Å². The number of hydrogen-bond acceptors (Lipinski definition) is 4. The summed E-state index contributed by atoms with van der Waals surface area (Å²) >= 11 is 0. The molecule has 0 atom stereocenters. The summed E-state index contributed by atoms with van der Waals surface area (Å²) in [6.45, 7) is 2.25. The molecule has 0 unspecified atom stereocenters. The van der Waals surface area contributed by atoms with Crippen LogP contribution < -0.4 is 10.6 Å². The van der Waals surface area contributed by atoms with Gasteiger partial charge in [-0.1, -0.05) is 24.3 Å². The third kappa shape index (κ3) is 3.86. The third-order valence-electron chi connectivity index (χ3n) is 5.51. The van der Waals surface area contributed by atoms with Gasteiger partial charge in [0.1, 0.15) is 5.82 Å². The Morgan fingerprint density at radius 1 is 1.19 bits per heavy atom. The summed E-state index contributed by atoms with van der Waals surface area (Å²) in [7, 11) is 0. The number of fused-ring (bicyclic) bond motifs is 1. The Bertz CT molecular complexity index is 1280. The van der Waals surface area contributed by atoms with Crippen LogP contribution in [-0.4, -0.2) is 26.3 Å². The number of nitrogens with zero attached hydrogens (tertiary/aromatic N) is 3. The fraction of sp³-hybridized carbons (Fsp3) is 0.208. The highest BCUT2D eigenvalue weighted by Gasteiger charge is 2.24. The monoisotopic (exact) mass is 415 g/mol. The van der Waals surface area contributed by atoms with E-state index in [-0.39, 0.29) is 11.7 Å². The van der Waals surface area contributed by atoms with Crippen LogP contribution in [0.1, 0.15) is 34.3 Å². The van der Waals surface area contributed by atoms with Crippen molar-refractivity contribution < 1.29 is 9.18 Å².